The minimum absolute atomic E-state index is 0.0295. The van der Waals surface area contributed by atoms with Crippen molar-refractivity contribution < 1.29 is 27.5 Å². The Morgan fingerprint density at radius 1 is 1.18 bits per heavy atom. The van der Waals surface area contributed by atoms with Crippen molar-refractivity contribution in [3.63, 3.8) is 0 Å². The van der Waals surface area contributed by atoms with Crippen molar-refractivity contribution in [2.24, 2.45) is 5.14 Å². The molecule has 16 heteroatoms. The SMILES string of the molecule is CCOC(=O)c1sc(Nc2nc(N3CCNC(=O)C3)c3c(n2)N(Cc2ccc(S(N)(=O)=O)cc2)C(=O)C3)nc1C. The van der Waals surface area contributed by atoms with Crippen LogP contribution in [-0.2, 0) is 37.3 Å². The molecule has 14 nitrogen and oxygen atoms in total. The van der Waals surface area contributed by atoms with E-state index in [-0.39, 0.29) is 48.8 Å². The molecular weight excluding hydrogens is 560 g/mol. The van der Waals surface area contributed by atoms with Crippen LogP contribution in [0.25, 0.3) is 0 Å². The number of thiazole rings is 1. The van der Waals surface area contributed by atoms with Gasteiger partial charge < -0.3 is 15.0 Å². The van der Waals surface area contributed by atoms with Gasteiger partial charge in [0.2, 0.25) is 27.8 Å². The number of nitrogens with zero attached hydrogens (tertiary/aromatic N) is 5. The average Bonchev–Trinajstić information content (AvgIpc) is 3.42. The molecule has 0 bridgehead atoms. The molecule has 1 aromatic carbocycles. The fourth-order valence-corrected chi connectivity index (χ4v) is 5.77. The van der Waals surface area contributed by atoms with Gasteiger partial charge in [0.15, 0.2) is 5.13 Å². The highest BCUT2D eigenvalue weighted by Gasteiger charge is 2.35. The van der Waals surface area contributed by atoms with E-state index in [1.807, 2.05) is 0 Å². The minimum Gasteiger partial charge on any atom is -0.462 e. The van der Waals surface area contributed by atoms with E-state index in [1.54, 1.807) is 30.9 Å². The Hall–Kier alpha value is -4.15. The zero-order chi connectivity index (χ0) is 28.6. The van der Waals surface area contributed by atoms with Crippen LogP contribution in [0.2, 0.25) is 0 Å². The maximum Gasteiger partial charge on any atom is 0.350 e. The first kappa shape index (κ1) is 27.4. The van der Waals surface area contributed by atoms with Crippen LogP contribution in [0.5, 0.6) is 0 Å². The number of esters is 1. The van der Waals surface area contributed by atoms with E-state index in [0.717, 1.165) is 11.3 Å². The number of nitrogens with one attached hydrogen (secondary N) is 2. The lowest BCUT2D eigenvalue weighted by Gasteiger charge is -2.29. The second-order valence-corrected chi connectivity index (χ2v) is 11.6. The number of nitrogens with two attached hydrogens (primary N) is 1. The Morgan fingerprint density at radius 2 is 1.90 bits per heavy atom. The lowest BCUT2D eigenvalue weighted by atomic mass is 10.2. The summed E-state index contributed by atoms with van der Waals surface area (Å²) in [6.45, 7) is 4.73. The Morgan fingerprint density at radius 3 is 2.58 bits per heavy atom. The number of carbonyl (C=O) groups is 3. The molecule has 0 spiro atoms. The number of fused-ring (bicyclic) bond motifs is 1. The number of hydrogen-bond acceptors (Lipinski definition) is 12. The average molecular weight is 587 g/mol. The highest BCUT2D eigenvalue weighted by molar-refractivity contribution is 7.89. The van der Waals surface area contributed by atoms with Crippen LogP contribution >= 0.6 is 11.3 Å². The summed E-state index contributed by atoms with van der Waals surface area (Å²) in [6.07, 6.45) is 0.0295. The number of aryl methyl sites for hydroxylation is 1. The molecule has 2 aliphatic rings. The van der Waals surface area contributed by atoms with Gasteiger partial charge in [0.05, 0.1) is 36.7 Å². The molecule has 3 aromatic rings. The van der Waals surface area contributed by atoms with Crippen LogP contribution in [0.3, 0.4) is 0 Å². The van der Waals surface area contributed by atoms with E-state index in [2.05, 4.69) is 25.6 Å². The molecule has 0 aliphatic carbocycles. The number of hydrogen-bond donors (Lipinski definition) is 3. The second-order valence-electron chi connectivity index (χ2n) is 9.07. The van der Waals surface area contributed by atoms with Gasteiger partial charge in [-0.2, -0.15) is 9.97 Å². The summed E-state index contributed by atoms with van der Waals surface area (Å²) in [6, 6.07) is 5.92. The number of ether oxygens (including phenoxy) is 1. The second kappa shape index (κ2) is 10.8. The van der Waals surface area contributed by atoms with Gasteiger partial charge in [-0.05, 0) is 31.5 Å². The molecule has 0 atom stereocenters. The first-order valence-electron chi connectivity index (χ1n) is 12.3. The molecule has 40 heavy (non-hydrogen) atoms. The van der Waals surface area contributed by atoms with E-state index in [1.165, 1.54) is 17.0 Å². The van der Waals surface area contributed by atoms with Crippen LogP contribution in [-0.4, -0.2) is 67.4 Å². The van der Waals surface area contributed by atoms with Gasteiger partial charge in [-0.25, -0.2) is 23.3 Å². The summed E-state index contributed by atoms with van der Waals surface area (Å²) < 4.78 is 28.3. The van der Waals surface area contributed by atoms with Crippen molar-refractivity contribution in [3.8, 4) is 0 Å². The Balaban J connectivity index is 1.51. The highest BCUT2D eigenvalue weighted by Crippen LogP contribution is 2.37. The van der Waals surface area contributed by atoms with Gasteiger partial charge in [-0.1, -0.05) is 23.5 Å². The van der Waals surface area contributed by atoms with E-state index in [4.69, 9.17) is 9.88 Å². The Bertz CT molecular complexity index is 1610. The third-order valence-corrected chi connectivity index (χ3v) is 8.24. The predicted molar refractivity (Wildman–Crippen MR) is 146 cm³/mol. The van der Waals surface area contributed by atoms with Gasteiger partial charge in [0, 0.05) is 18.7 Å². The fraction of sp³-hybridized carbons (Fsp3) is 0.333. The van der Waals surface area contributed by atoms with Crippen LogP contribution in [0.1, 0.15) is 33.4 Å². The van der Waals surface area contributed by atoms with Crippen molar-refractivity contribution in [3.05, 3.63) is 46.0 Å². The number of amides is 2. The number of anilines is 4. The first-order valence-corrected chi connectivity index (χ1v) is 14.7. The molecular formula is C24H26N8O6S2. The van der Waals surface area contributed by atoms with Crippen molar-refractivity contribution in [1.82, 2.24) is 20.3 Å². The van der Waals surface area contributed by atoms with E-state index in [0.29, 0.717) is 51.6 Å². The molecule has 0 radical (unpaired) electrons. The van der Waals surface area contributed by atoms with Crippen LogP contribution in [0.15, 0.2) is 29.2 Å². The summed E-state index contributed by atoms with van der Waals surface area (Å²) in [7, 11) is -3.86. The molecule has 1 fully saturated rings. The third kappa shape index (κ3) is 5.59. The number of primary sulfonamides is 1. The zero-order valence-electron chi connectivity index (χ0n) is 21.6. The van der Waals surface area contributed by atoms with Gasteiger partial charge in [0.25, 0.3) is 0 Å². The van der Waals surface area contributed by atoms with E-state index < -0.39 is 16.0 Å². The molecule has 2 aromatic heterocycles. The number of aromatic nitrogens is 3. The van der Waals surface area contributed by atoms with E-state index >= 15 is 0 Å². The molecule has 5 rings (SSSR count). The lowest BCUT2D eigenvalue weighted by Crippen LogP contribution is -2.48. The van der Waals surface area contributed by atoms with E-state index in [9.17, 15) is 22.8 Å². The summed E-state index contributed by atoms with van der Waals surface area (Å²) in [5.41, 5.74) is 1.73. The van der Waals surface area contributed by atoms with Gasteiger partial charge in [-0.15, -0.1) is 0 Å². The Labute approximate surface area is 233 Å². The number of sulfonamides is 1. The smallest absolute Gasteiger partial charge is 0.350 e. The summed E-state index contributed by atoms with van der Waals surface area (Å²) >= 11 is 1.09. The normalized spacial score (nSPS) is 15.2. The fourth-order valence-electron chi connectivity index (χ4n) is 4.41. The molecule has 0 unspecified atom stereocenters. The van der Waals surface area contributed by atoms with Crippen LogP contribution in [0.4, 0.5) is 22.7 Å². The number of rotatable bonds is 8. The van der Waals surface area contributed by atoms with Crippen molar-refractivity contribution >= 4 is 61.9 Å². The highest BCUT2D eigenvalue weighted by atomic mass is 32.2. The maximum atomic E-state index is 13.2. The van der Waals surface area contributed by atoms with Crippen molar-refractivity contribution in [2.45, 2.75) is 31.7 Å². The van der Waals surface area contributed by atoms with Crippen LogP contribution in [0, 0.1) is 6.92 Å². The summed E-state index contributed by atoms with van der Waals surface area (Å²) in [5, 5.41) is 11.4. The van der Waals surface area contributed by atoms with Crippen molar-refractivity contribution in [2.75, 3.05) is 41.4 Å². The molecule has 1 saturated heterocycles. The minimum atomic E-state index is -3.86. The summed E-state index contributed by atoms with van der Waals surface area (Å²) in [4.78, 5) is 54.8. The van der Waals surface area contributed by atoms with Gasteiger partial charge in [-0.3, -0.25) is 19.8 Å². The zero-order valence-corrected chi connectivity index (χ0v) is 23.3. The molecule has 4 N–H and O–H groups in total. The molecule has 4 heterocycles. The number of carbonyl (C=O) groups excluding carboxylic acids is 3. The molecule has 2 aliphatic heterocycles. The van der Waals surface area contributed by atoms with Gasteiger partial charge >= 0.3 is 5.97 Å². The molecule has 210 valence electrons. The maximum absolute atomic E-state index is 13.2. The molecule has 0 saturated carbocycles. The summed E-state index contributed by atoms with van der Waals surface area (Å²) in [5.74, 6) is 0.0617. The third-order valence-electron chi connectivity index (χ3n) is 6.25. The standard InChI is InChI=1S/C24H26N8O6S2/c1-3-38-22(35)19-13(2)27-24(39-19)30-23-28-20(31-9-8-26-17(33)12-31)16-10-18(34)32(21(16)29-23)11-14-4-6-15(7-5-14)40(25,36)37/h4-7H,3,8-12H2,1-2H3,(H,26,33)(H2,25,36,37)(H,27,28,29,30). The number of piperazine rings is 1. The molecule has 2 amide bonds. The largest absolute Gasteiger partial charge is 0.462 e. The van der Waals surface area contributed by atoms with Gasteiger partial charge in [0.1, 0.15) is 16.5 Å². The first-order chi connectivity index (χ1) is 19.0. The topological polar surface area (TPSA) is 190 Å². The lowest BCUT2D eigenvalue weighted by molar-refractivity contribution is -0.120. The number of benzene rings is 1. The Kier molecular flexibility index (Phi) is 7.39. The van der Waals surface area contributed by atoms with Crippen LogP contribution < -0.4 is 25.6 Å². The quantitative estimate of drug-likeness (QED) is 0.317. The monoisotopic (exact) mass is 586 g/mol. The predicted octanol–water partition coefficient (Wildman–Crippen LogP) is 0.835. The van der Waals surface area contributed by atoms with Crippen molar-refractivity contribution in [1.29, 1.82) is 0 Å².